The van der Waals surface area contributed by atoms with Crippen molar-refractivity contribution in [2.45, 2.75) is 44.7 Å². The fourth-order valence-corrected chi connectivity index (χ4v) is 3.30. The van der Waals surface area contributed by atoms with Crippen molar-refractivity contribution in [2.24, 2.45) is 5.73 Å². The fourth-order valence-electron chi connectivity index (χ4n) is 2.87. The minimum absolute atomic E-state index is 0.0319. The minimum atomic E-state index is -0.229. The lowest BCUT2D eigenvalue weighted by Gasteiger charge is -2.43. The van der Waals surface area contributed by atoms with Crippen LogP contribution in [-0.2, 0) is 6.42 Å². The van der Waals surface area contributed by atoms with Gasteiger partial charge < -0.3 is 10.6 Å². The van der Waals surface area contributed by atoms with Gasteiger partial charge in [0.2, 0.25) is 0 Å². The normalized spacial score (nSPS) is 13.9. The molecule has 0 radical (unpaired) electrons. The molecule has 0 aliphatic rings. The summed E-state index contributed by atoms with van der Waals surface area (Å²) in [4.78, 5) is 2.20. The van der Waals surface area contributed by atoms with Gasteiger partial charge in [-0.05, 0) is 60.9 Å². The van der Waals surface area contributed by atoms with Gasteiger partial charge in [0.1, 0.15) is 5.82 Å². The molecule has 1 atom stereocenters. The van der Waals surface area contributed by atoms with E-state index in [1.807, 2.05) is 6.07 Å². The molecule has 0 saturated carbocycles. The Morgan fingerprint density at radius 2 is 1.89 bits per heavy atom. The van der Waals surface area contributed by atoms with Crippen molar-refractivity contribution in [1.82, 2.24) is 4.90 Å². The van der Waals surface area contributed by atoms with Crippen molar-refractivity contribution in [2.75, 3.05) is 14.1 Å². The lowest BCUT2D eigenvalue weighted by molar-refractivity contribution is 0.105. The van der Waals surface area contributed by atoms with Crippen molar-refractivity contribution in [3.8, 4) is 0 Å². The molecule has 108 valence electrons. The number of hydrogen-bond acceptors (Lipinski definition) is 2. The van der Waals surface area contributed by atoms with Crippen molar-refractivity contribution < 1.29 is 4.39 Å². The first-order valence-electron chi connectivity index (χ1n) is 6.75. The van der Waals surface area contributed by atoms with Crippen LogP contribution < -0.4 is 5.73 Å². The standard InChI is InChI=1S/C15H24BrFN2/c1-5-15(6-2,19(3)4)13(18)10-11-8-7-9-12(17)14(11)16/h7-9,13H,5-6,10,18H2,1-4H3. The van der Waals surface area contributed by atoms with E-state index in [0.717, 1.165) is 18.4 Å². The van der Waals surface area contributed by atoms with Gasteiger partial charge in [0, 0.05) is 11.6 Å². The molecule has 1 rings (SSSR count). The first-order valence-corrected chi connectivity index (χ1v) is 7.54. The molecule has 0 aliphatic heterocycles. The highest BCUT2D eigenvalue weighted by molar-refractivity contribution is 9.10. The van der Waals surface area contributed by atoms with Crippen LogP contribution in [0.25, 0.3) is 0 Å². The first kappa shape index (κ1) is 16.6. The Kier molecular flexibility index (Phi) is 5.96. The van der Waals surface area contributed by atoms with Gasteiger partial charge in [-0.1, -0.05) is 26.0 Å². The van der Waals surface area contributed by atoms with E-state index >= 15 is 0 Å². The summed E-state index contributed by atoms with van der Waals surface area (Å²) in [7, 11) is 4.13. The van der Waals surface area contributed by atoms with E-state index in [1.54, 1.807) is 6.07 Å². The molecule has 0 spiro atoms. The van der Waals surface area contributed by atoms with Gasteiger partial charge in [0.05, 0.1) is 4.47 Å². The summed E-state index contributed by atoms with van der Waals surface area (Å²) in [5.74, 6) is -0.229. The molecule has 1 unspecified atom stereocenters. The maximum Gasteiger partial charge on any atom is 0.137 e. The van der Waals surface area contributed by atoms with E-state index in [0.29, 0.717) is 10.9 Å². The number of halogens is 2. The maximum absolute atomic E-state index is 13.6. The molecule has 4 heteroatoms. The maximum atomic E-state index is 13.6. The second-order valence-electron chi connectivity index (χ2n) is 5.23. The zero-order valence-electron chi connectivity index (χ0n) is 12.2. The summed E-state index contributed by atoms with van der Waals surface area (Å²) in [6.07, 6.45) is 2.62. The van der Waals surface area contributed by atoms with Crippen LogP contribution in [0.4, 0.5) is 4.39 Å². The third-order valence-electron chi connectivity index (χ3n) is 4.28. The lowest BCUT2D eigenvalue weighted by Crippen LogP contribution is -2.57. The summed E-state index contributed by atoms with van der Waals surface area (Å²) in [6.45, 7) is 4.31. The Labute approximate surface area is 124 Å². The first-order chi connectivity index (χ1) is 8.89. The predicted octanol–water partition coefficient (Wildman–Crippen LogP) is 3.58. The van der Waals surface area contributed by atoms with Crippen LogP contribution in [0.3, 0.4) is 0 Å². The number of benzene rings is 1. The molecule has 2 nitrogen and oxygen atoms in total. The number of hydrogen-bond donors (Lipinski definition) is 1. The molecule has 19 heavy (non-hydrogen) atoms. The highest BCUT2D eigenvalue weighted by Crippen LogP contribution is 2.29. The molecule has 2 N–H and O–H groups in total. The molecule has 1 aromatic carbocycles. The van der Waals surface area contributed by atoms with Gasteiger partial charge in [-0.3, -0.25) is 0 Å². The summed E-state index contributed by atoms with van der Waals surface area (Å²) < 4.78 is 14.1. The molecular weight excluding hydrogens is 307 g/mol. The highest BCUT2D eigenvalue weighted by atomic mass is 79.9. The van der Waals surface area contributed by atoms with E-state index in [-0.39, 0.29) is 17.4 Å². The quantitative estimate of drug-likeness (QED) is 0.863. The van der Waals surface area contributed by atoms with E-state index in [1.165, 1.54) is 6.07 Å². The zero-order valence-corrected chi connectivity index (χ0v) is 13.8. The molecular formula is C15H24BrFN2. The second-order valence-corrected chi connectivity index (χ2v) is 6.02. The minimum Gasteiger partial charge on any atom is -0.326 e. The third kappa shape index (κ3) is 3.36. The third-order valence-corrected chi connectivity index (χ3v) is 5.16. The van der Waals surface area contributed by atoms with Crippen molar-refractivity contribution in [3.05, 3.63) is 34.1 Å². The fraction of sp³-hybridized carbons (Fsp3) is 0.600. The van der Waals surface area contributed by atoms with Gasteiger partial charge in [-0.2, -0.15) is 0 Å². The van der Waals surface area contributed by atoms with Gasteiger partial charge in [0.25, 0.3) is 0 Å². The highest BCUT2D eigenvalue weighted by Gasteiger charge is 2.35. The number of rotatable bonds is 6. The Hall–Kier alpha value is -0.450. The average Bonchev–Trinajstić information content (AvgIpc) is 2.36. The summed E-state index contributed by atoms with van der Waals surface area (Å²) >= 11 is 3.31. The molecule has 0 aromatic heterocycles. The summed E-state index contributed by atoms with van der Waals surface area (Å²) in [5.41, 5.74) is 7.32. The van der Waals surface area contributed by atoms with Gasteiger partial charge in [0.15, 0.2) is 0 Å². The molecule has 0 bridgehead atoms. The van der Waals surface area contributed by atoms with Crippen molar-refractivity contribution in [3.63, 3.8) is 0 Å². The van der Waals surface area contributed by atoms with Crippen molar-refractivity contribution >= 4 is 15.9 Å². The Bertz CT molecular complexity index is 417. The average molecular weight is 331 g/mol. The van der Waals surface area contributed by atoms with E-state index in [4.69, 9.17) is 5.73 Å². The molecule has 0 heterocycles. The summed E-state index contributed by atoms with van der Waals surface area (Å²) in [5, 5.41) is 0. The number of nitrogens with zero attached hydrogens (tertiary/aromatic N) is 1. The van der Waals surface area contributed by atoms with Crippen LogP contribution in [0.2, 0.25) is 0 Å². The van der Waals surface area contributed by atoms with Crippen LogP contribution >= 0.6 is 15.9 Å². The van der Waals surface area contributed by atoms with Crippen molar-refractivity contribution in [1.29, 1.82) is 0 Å². The largest absolute Gasteiger partial charge is 0.326 e. The number of likely N-dealkylation sites (N-methyl/N-ethyl adjacent to an activating group) is 1. The second kappa shape index (κ2) is 6.82. The predicted molar refractivity (Wildman–Crippen MR) is 82.8 cm³/mol. The van der Waals surface area contributed by atoms with E-state index in [2.05, 4.69) is 48.8 Å². The molecule has 0 amide bonds. The molecule has 1 aromatic rings. The SMILES string of the molecule is CCC(CC)(C(N)Cc1cccc(F)c1Br)N(C)C. The van der Waals surface area contributed by atoms with Crippen LogP contribution in [-0.4, -0.2) is 30.6 Å². The van der Waals surface area contributed by atoms with Crippen LogP contribution in [0.15, 0.2) is 22.7 Å². The lowest BCUT2D eigenvalue weighted by atomic mass is 9.81. The van der Waals surface area contributed by atoms with E-state index in [9.17, 15) is 4.39 Å². The van der Waals surface area contributed by atoms with E-state index < -0.39 is 0 Å². The van der Waals surface area contributed by atoms with Crippen LogP contribution in [0.5, 0.6) is 0 Å². The monoisotopic (exact) mass is 330 g/mol. The topological polar surface area (TPSA) is 29.3 Å². The Balaban J connectivity index is 3.00. The van der Waals surface area contributed by atoms with Gasteiger partial charge >= 0.3 is 0 Å². The Morgan fingerprint density at radius 3 is 2.37 bits per heavy atom. The van der Waals surface area contributed by atoms with Gasteiger partial charge in [-0.15, -0.1) is 0 Å². The van der Waals surface area contributed by atoms with Crippen LogP contribution in [0.1, 0.15) is 32.3 Å². The van der Waals surface area contributed by atoms with Crippen LogP contribution in [0, 0.1) is 5.82 Å². The molecule has 0 aliphatic carbocycles. The Morgan fingerprint density at radius 1 is 1.32 bits per heavy atom. The molecule has 0 saturated heterocycles. The van der Waals surface area contributed by atoms with Gasteiger partial charge in [-0.25, -0.2) is 4.39 Å². The number of nitrogens with two attached hydrogens (primary N) is 1. The summed E-state index contributed by atoms with van der Waals surface area (Å²) in [6, 6.07) is 5.09. The smallest absolute Gasteiger partial charge is 0.137 e. The zero-order chi connectivity index (χ0) is 14.6. The molecule has 0 fully saturated rings.